The highest BCUT2D eigenvalue weighted by atomic mass is 19.4. The lowest BCUT2D eigenvalue weighted by molar-refractivity contribution is -0.274. The fourth-order valence-electron chi connectivity index (χ4n) is 2.23. The van der Waals surface area contributed by atoms with E-state index in [9.17, 15) is 18.0 Å². The molecule has 5 nitrogen and oxygen atoms in total. The lowest BCUT2D eigenvalue weighted by atomic mass is 10.1. The fraction of sp³-hybridized carbons (Fsp3) is 0.111. The lowest BCUT2D eigenvalue weighted by Crippen LogP contribution is -2.17. The van der Waals surface area contributed by atoms with Crippen molar-refractivity contribution in [3.8, 4) is 11.5 Å². The van der Waals surface area contributed by atoms with Crippen LogP contribution in [0.25, 0.3) is 6.08 Å². The Morgan fingerprint density at radius 2 is 1.77 bits per heavy atom. The van der Waals surface area contributed by atoms with Gasteiger partial charge in [0.1, 0.15) is 11.5 Å². The number of esters is 1. The van der Waals surface area contributed by atoms with Crippen LogP contribution in [0.3, 0.4) is 0 Å². The van der Waals surface area contributed by atoms with Crippen molar-refractivity contribution in [2.45, 2.75) is 6.36 Å². The van der Waals surface area contributed by atoms with Crippen molar-refractivity contribution in [3.63, 3.8) is 0 Å². The van der Waals surface area contributed by atoms with E-state index >= 15 is 0 Å². The molecule has 0 saturated carbocycles. The highest BCUT2D eigenvalue weighted by molar-refractivity contribution is 6.13. The van der Waals surface area contributed by atoms with Gasteiger partial charge >= 0.3 is 12.3 Å². The standard InChI is InChI=1S/C18H12F3NO4/c1-24-13-8-6-11(7-9-13)16-22-14(17(23)25-16)10-12-4-2-3-5-15(12)26-18(19,20)21/h2-10H,1H3/b14-10-. The summed E-state index contributed by atoms with van der Waals surface area (Å²) in [5.41, 5.74) is 0.452. The second kappa shape index (κ2) is 6.91. The molecule has 0 bridgehead atoms. The molecule has 134 valence electrons. The van der Waals surface area contributed by atoms with Crippen LogP contribution in [-0.4, -0.2) is 25.3 Å². The number of benzene rings is 2. The summed E-state index contributed by atoms with van der Waals surface area (Å²) in [5.74, 6) is -0.531. The lowest BCUT2D eigenvalue weighted by Gasteiger charge is -2.10. The largest absolute Gasteiger partial charge is 0.573 e. The molecule has 0 aromatic heterocycles. The molecule has 1 aliphatic rings. The maximum absolute atomic E-state index is 12.5. The van der Waals surface area contributed by atoms with Crippen LogP contribution >= 0.6 is 0 Å². The van der Waals surface area contributed by atoms with Crippen molar-refractivity contribution < 1.29 is 32.2 Å². The van der Waals surface area contributed by atoms with Crippen molar-refractivity contribution in [3.05, 3.63) is 65.4 Å². The molecule has 0 fully saturated rings. The van der Waals surface area contributed by atoms with Crippen molar-refractivity contribution >= 4 is 17.9 Å². The van der Waals surface area contributed by atoms with Gasteiger partial charge in [0.05, 0.1) is 7.11 Å². The summed E-state index contributed by atoms with van der Waals surface area (Å²) in [7, 11) is 1.52. The average Bonchev–Trinajstić information content (AvgIpc) is 2.96. The Labute approximate surface area is 146 Å². The van der Waals surface area contributed by atoms with E-state index in [0.717, 1.165) is 6.07 Å². The molecule has 0 spiro atoms. The molecule has 1 aliphatic heterocycles. The Balaban J connectivity index is 1.91. The van der Waals surface area contributed by atoms with E-state index in [4.69, 9.17) is 9.47 Å². The summed E-state index contributed by atoms with van der Waals surface area (Å²) in [6.07, 6.45) is -3.66. The number of ether oxygens (including phenoxy) is 3. The highest BCUT2D eigenvalue weighted by Gasteiger charge is 2.32. The van der Waals surface area contributed by atoms with Crippen LogP contribution in [0, 0.1) is 0 Å². The van der Waals surface area contributed by atoms with E-state index in [1.165, 1.54) is 31.4 Å². The molecule has 0 aliphatic carbocycles. The van der Waals surface area contributed by atoms with E-state index in [1.54, 1.807) is 24.3 Å². The van der Waals surface area contributed by atoms with Gasteiger partial charge in [-0.25, -0.2) is 9.79 Å². The summed E-state index contributed by atoms with van der Waals surface area (Å²) < 4.78 is 51.5. The first-order valence-electron chi connectivity index (χ1n) is 7.37. The third-order valence-corrected chi connectivity index (χ3v) is 3.39. The number of cyclic esters (lactones) is 1. The van der Waals surface area contributed by atoms with Crippen molar-refractivity contribution in [2.24, 2.45) is 4.99 Å². The van der Waals surface area contributed by atoms with Gasteiger partial charge in [-0.2, -0.15) is 0 Å². The van der Waals surface area contributed by atoms with Crippen LogP contribution in [0.1, 0.15) is 11.1 Å². The van der Waals surface area contributed by atoms with Gasteiger partial charge in [0.15, 0.2) is 5.70 Å². The third kappa shape index (κ3) is 4.02. The second-order valence-corrected chi connectivity index (χ2v) is 5.15. The number of rotatable bonds is 4. The van der Waals surface area contributed by atoms with Gasteiger partial charge < -0.3 is 14.2 Å². The molecule has 8 heteroatoms. The molecule has 0 atom stereocenters. The van der Waals surface area contributed by atoms with Crippen molar-refractivity contribution in [1.29, 1.82) is 0 Å². The van der Waals surface area contributed by atoms with Gasteiger partial charge in [0.25, 0.3) is 0 Å². The molecular formula is C18H12F3NO4. The van der Waals surface area contributed by atoms with Crippen LogP contribution < -0.4 is 9.47 Å². The van der Waals surface area contributed by atoms with E-state index < -0.39 is 18.1 Å². The molecule has 1 heterocycles. The quantitative estimate of drug-likeness (QED) is 0.610. The zero-order valence-corrected chi connectivity index (χ0v) is 13.4. The van der Waals surface area contributed by atoms with Gasteiger partial charge in [-0.05, 0) is 36.4 Å². The highest BCUT2D eigenvalue weighted by Crippen LogP contribution is 2.29. The summed E-state index contributed by atoms with van der Waals surface area (Å²) in [4.78, 5) is 16.0. The maximum Gasteiger partial charge on any atom is 0.573 e. The predicted octanol–water partition coefficient (Wildman–Crippen LogP) is 3.94. The second-order valence-electron chi connectivity index (χ2n) is 5.15. The number of alkyl halides is 3. The number of nitrogens with zero attached hydrogens (tertiary/aromatic N) is 1. The van der Waals surface area contributed by atoms with Crippen molar-refractivity contribution in [2.75, 3.05) is 7.11 Å². The number of methoxy groups -OCH3 is 1. The van der Waals surface area contributed by atoms with Gasteiger partial charge in [0, 0.05) is 11.1 Å². The van der Waals surface area contributed by atoms with Gasteiger partial charge in [0.2, 0.25) is 5.90 Å². The van der Waals surface area contributed by atoms with E-state index in [1.807, 2.05) is 0 Å². The van der Waals surface area contributed by atoms with E-state index in [0.29, 0.717) is 11.3 Å². The van der Waals surface area contributed by atoms with Gasteiger partial charge in [-0.15, -0.1) is 13.2 Å². The predicted molar refractivity (Wildman–Crippen MR) is 86.7 cm³/mol. The van der Waals surface area contributed by atoms with Crippen molar-refractivity contribution in [1.82, 2.24) is 0 Å². The Morgan fingerprint density at radius 3 is 2.42 bits per heavy atom. The number of hydrogen-bond acceptors (Lipinski definition) is 5. The molecule has 0 amide bonds. The van der Waals surface area contributed by atoms with Crippen LogP contribution in [0.5, 0.6) is 11.5 Å². The Morgan fingerprint density at radius 1 is 1.08 bits per heavy atom. The average molecular weight is 363 g/mol. The third-order valence-electron chi connectivity index (χ3n) is 3.39. The Hall–Kier alpha value is -3.29. The van der Waals surface area contributed by atoms with Crippen LogP contribution in [0.15, 0.2) is 59.2 Å². The zero-order valence-electron chi connectivity index (χ0n) is 13.4. The van der Waals surface area contributed by atoms with Crippen LogP contribution in [0.2, 0.25) is 0 Å². The monoisotopic (exact) mass is 363 g/mol. The minimum Gasteiger partial charge on any atom is -0.497 e. The molecule has 2 aromatic carbocycles. The number of para-hydroxylation sites is 1. The van der Waals surface area contributed by atoms with E-state index in [2.05, 4.69) is 9.73 Å². The molecule has 2 aromatic rings. The number of aliphatic imine (C=N–C) groups is 1. The molecule has 0 radical (unpaired) electrons. The van der Waals surface area contributed by atoms with E-state index in [-0.39, 0.29) is 17.2 Å². The summed E-state index contributed by atoms with van der Waals surface area (Å²) in [5, 5.41) is 0. The minimum absolute atomic E-state index is 0.0523. The molecule has 0 unspecified atom stereocenters. The first kappa shape index (κ1) is 17.5. The van der Waals surface area contributed by atoms with Crippen LogP contribution in [-0.2, 0) is 9.53 Å². The SMILES string of the molecule is COc1ccc(C2=N/C(=C\c3ccccc3OC(F)(F)F)C(=O)O2)cc1. The Bertz CT molecular complexity index is 886. The molecule has 0 saturated heterocycles. The minimum atomic E-state index is -4.84. The number of halogens is 3. The summed E-state index contributed by atoms with van der Waals surface area (Å²) in [6.45, 7) is 0. The summed E-state index contributed by atoms with van der Waals surface area (Å²) >= 11 is 0. The zero-order chi connectivity index (χ0) is 18.7. The smallest absolute Gasteiger partial charge is 0.497 e. The molecular weight excluding hydrogens is 351 g/mol. The fourth-order valence-corrected chi connectivity index (χ4v) is 2.23. The molecule has 0 N–H and O–H groups in total. The number of carbonyl (C=O) groups is 1. The first-order valence-corrected chi connectivity index (χ1v) is 7.37. The normalized spacial score (nSPS) is 15.6. The maximum atomic E-state index is 12.5. The Kier molecular flexibility index (Phi) is 4.66. The van der Waals surface area contributed by atoms with Gasteiger partial charge in [-0.1, -0.05) is 18.2 Å². The molecule has 26 heavy (non-hydrogen) atoms. The molecule has 3 rings (SSSR count). The van der Waals surface area contributed by atoms with Crippen LogP contribution in [0.4, 0.5) is 13.2 Å². The summed E-state index contributed by atoms with van der Waals surface area (Å²) in [6, 6.07) is 12.1. The topological polar surface area (TPSA) is 57.1 Å². The number of hydrogen-bond donors (Lipinski definition) is 0. The first-order chi connectivity index (χ1) is 12.4. The van der Waals surface area contributed by atoms with Gasteiger partial charge in [-0.3, -0.25) is 0 Å². The number of carbonyl (C=O) groups excluding carboxylic acids is 1.